The summed E-state index contributed by atoms with van der Waals surface area (Å²) in [4.78, 5) is 0. The summed E-state index contributed by atoms with van der Waals surface area (Å²) in [7, 11) is 0. The minimum absolute atomic E-state index is 0.908. The van der Waals surface area contributed by atoms with E-state index < -0.39 is 0 Å². The van der Waals surface area contributed by atoms with E-state index in [1.807, 2.05) is 6.07 Å². The van der Waals surface area contributed by atoms with Gasteiger partial charge < -0.3 is 4.42 Å². The Morgan fingerprint density at radius 1 is 0.222 bits per heavy atom. The number of furan rings is 1. The highest BCUT2D eigenvalue weighted by molar-refractivity contribution is 6.23. The maximum Gasteiger partial charge on any atom is 0.143 e. The van der Waals surface area contributed by atoms with Gasteiger partial charge in [-0.25, -0.2) is 0 Å². The van der Waals surface area contributed by atoms with E-state index >= 15 is 0 Å². The van der Waals surface area contributed by atoms with Crippen molar-refractivity contribution in [2.45, 2.75) is 0 Å². The molecule has 13 aromatic rings. The van der Waals surface area contributed by atoms with Gasteiger partial charge in [0.25, 0.3) is 0 Å². The van der Waals surface area contributed by atoms with Crippen molar-refractivity contribution in [2.75, 3.05) is 0 Å². The molecule has 13 rings (SSSR count). The van der Waals surface area contributed by atoms with Crippen LogP contribution in [0.15, 0.2) is 235 Å². The van der Waals surface area contributed by atoms with Crippen LogP contribution in [0.4, 0.5) is 0 Å². The van der Waals surface area contributed by atoms with Gasteiger partial charge in [0.05, 0.1) is 0 Å². The van der Waals surface area contributed by atoms with Crippen molar-refractivity contribution in [3.05, 3.63) is 231 Å². The van der Waals surface area contributed by atoms with Crippen LogP contribution in [0.5, 0.6) is 0 Å². The third-order valence-electron chi connectivity index (χ3n) is 13.2. The number of hydrogen-bond acceptors (Lipinski definition) is 1. The van der Waals surface area contributed by atoms with Crippen LogP contribution in [-0.4, -0.2) is 0 Å². The molecule has 0 unspecified atom stereocenters. The average molecular weight is 799 g/mol. The van der Waals surface area contributed by atoms with Gasteiger partial charge in [-0.2, -0.15) is 0 Å². The number of hydrogen-bond donors (Lipinski definition) is 0. The van der Waals surface area contributed by atoms with Crippen molar-refractivity contribution in [2.24, 2.45) is 0 Å². The van der Waals surface area contributed by atoms with Crippen molar-refractivity contribution in [1.29, 1.82) is 0 Å². The van der Waals surface area contributed by atoms with Crippen molar-refractivity contribution in [1.82, 2.24) is 0 Å². The fourth-order valence-corrected chi connectivity index (χ4v) is 10.2. The SMILES string of the molecule is c1ccc2cc(-c3ccc(-c4c5ccccc5c(-c5ccc(-c6ccc7ccccc7c6)cc5)c5cc(-c6cc7c8ccccc8oc7c7ccccc67)ccc45)cc3)ccc2c1. The first-order valence-electron chi connectivity index (χ1n) is 21.7. The molecule has 0 amide bonds. The zero-order chi connectivity index (χ0) is 41.4. The van der Waals surface area contributed by atoms with Gasteiger partial charge in [-0.05, 0) is 134 Å². The molecule has 0 radical (unpaired) electrons. The largest absolute Gasteiger partial charge is 0.455 e. The zero-order valence-electron chi connectivity index (χ0n) is 34.3. The molecule has 0 saturated carbocycles. The number of rotatable bonds is 5. The summed E-state index contributed by atoms with van der Waals surface area (Å²) in [5.74, 6) is 0. The van der Waals surface area contributed by atoms with Gasteiger partial charge in [-0.15, -0.1) is 0 Å². The second-order valence-corrected chi connectivity index (χ2v) is 16.8. The lowest BCUT2D eigenvalue weighted by Crippen LogP contribution is -1.92. The van der Waals surface area contributed by atoms with Gasteiger partial charge in [0.1, 0.15) is 11.2 Å². The minimum Gasteiger partial charge on any atom is -0.455 e. The molecule has 1 heteroatoms. The molecule has 0 atom stereocenters. The fourth-order valence-electron chi connectivity index (χ4n) is 10.2. The Hall–Kier alpha value is -8.26. The maximum atomic E-state index is 6.53. The van der Waals surface area contributed by atoms with Crippen LogP contribution in [-0.2, 0) is 0 Å². The Bertz CT molecular complexity index is 3940. The van der Waals surface area contributed by atoms with Crippen molar-refractivity contribution < 1.29 is 4.42 Å². The highest BCUT2D eigenvalue weighted by Crippen LogP contribution is 2.47. The molecule has 0 aliphatic rings. The van der Waals surface area contributed by atoms with E-state index in [-0.39, 0.29) is 0 Å². The van der Waals surface area contributed by atoms with Gasteiger partial charge >= 0.3 is 0 Å². The lowest BCUT2D eigenvalue weighted by atomic mass is 9.84. The Morgan fingerprint density at radius 2 is 0.651 bits per heavy atom. The maximum absolute atomic E-state index is 6.53. The van der Waals surface area contributed by atoms with Crippen molar-refractivity contribution >= 4 is 75.8 Å². The molecular formula is C62H38O. The molecule has 0 aliphatic carbocycles. The minimum atomic E-state index is 0.908. The van der Waals surface area contributed by atoms with E-state index in [0.717, 1.165) is 27.3 Å². The van der Waals surface area contributed by atoms with Crippen LogP contribution in [0.3, 0.4) is 0 Å². The van der Waals surface area contributed by atoms with E-state index in [0.29, 0.717) is 0 Å². The summed E-state index contributed by atoms with van der Waals surface area (Å²) in [5, 5.41) is 14.5. The predicted molar refractivity (Wildman–Crippen MR) is 268 cm³/mol. The molecule has 1 heterocycles. The number of benzene rings is 12. The van der Waals surface area contributed by atoms with Gasteiger partial charge in [0.15, 0.2) is 0 Å². The highest BCUT2D eigenvalue weighted by Gasteiger charge is 2.20. The van der Waals surface area contributed by atoms with Gasteiger partial charge in [0.2, 0.25) is 0 Å². The van der Waals surface area contributed by atoms with E-state index in [1.54, 1.807) is 0 Å². The molecule has 63 heavy (non-hydrogen) atoms. The van der Waals surface area contributed by atoms with Gasteiger partial charge in [0, 0.05) is 16.2 Å². The molecule has 292 valence electrons. The van der Waals surface area contributed by atoms with E-state index in [9.17, 15) is 0 Å². The monoisotopic (exact) mass is 798 g/mol. The molecular weight excluding hydrogens is 761 g/mol. The van der Waals surface area contributed by atoms with Crippen LogP contribution in [0.2, 0.25) is 0 Å². The predicted octanol–water partition coefficient (Wildman–Crippen LogP) is 17.7. The molecule has 0 saturated heterocycles. The molecule has 0 spiro atoms. The first kappa shape index (κ1) is 35.5. The Labute approximate surface area is 364 Å². The molecule has 0 fully saturated rings. The average Bonchev–Trinajstić information content (AvgIpc) is 3.74. The van der Waals surface area contributed by atoms with E-state index in [4.69, 9.17) is 4.42 Å². The van der Waals surface area contributed by atoms with Crippen LogP contribution >= 0.6 is 0 Å². The molecule has 1 nitrogen and oxygen atoms in total. The van der Waals surface area contributed by atoms with Crippen molar-refractivity contribution in [3.63, 3.8) is 0 Å². The van der Waals surface area contributed by atoms with Gasteiger partial charge in [-0.3, -0.25) is 0 Å². The lowest BCUT2D eigenvalue weighted by molar-refractivity contribution is 0.672. The number of fused-ring (bicyclic) bond motifs is 9. The third-order valence-corrected chi connectivity index (χ3v) is 13.2. The van der Waals surface area contributed by atoms with Crippen LogP contribution in [0, 0.1) is 0 Å². The molecule has 0 bridgehead atoms. The molecule has 1 aromatic heterocycles. The van der Waals surface area contributed by atoms with E-state index in [1.165, 1.54) is 104 Å². The second-order valence-electron chi connectivity index (χ2n) is 16.8. The molecule has 12 aromatic carbocycles. The topological polar surface area (TPSA) is 13.1 Å². The first-order valence-corrected chi connectivity index (χ1v) is 21.7. The van der Waals surface area contributed by atoms with Gasteiger partial charge in [-0.1, -0.05) is 200 Å². The van der Waals surface area contributed by atoms with Crippen LogP contribution < -0.4 is 0 Å². The lowest BCUT2D eigenvalue weighted by Gasteiger charge is -2.19. The quantitative estimate of drug-likeness (QED) is 0.158. The summed E-state index contributed by atoms with van der Waals surface area (Å²) in [6.07, 6.45) is 0. The van der Waals surface area contributed by atoms with Crippen molar-refractivity contribution in [3.8, 4) is 55.6 Å². The fraction of sp³-hybridized carbons (Fsp3) is 0. The Morgan fingerprint density at radius 3 is 1.25 bits per heavy atom. The molecule has 0 aliphatic heterocycles. The Kier molecular flexibility index (Phi) is 7.98. The smallest absolute Gasteiger partial charge is 0.143 e. The summed E-state index contributed by atoms with van der Waals surface area (Å²) in [6.45, 7) is 0. The standard InChI is InChI=1S/C62H38O/c1-3-13-45-35-47(31-25-39(45)11-1)41-21-27-43(28-22-41)60-52-17-6-7-18-53(52)61(44-29-23-42(24-30-44)48-32-26-40-12-2-4-14-46(40)36-48)57-37-49(33-34-54(57)60)56-38-58-51-16-9-10-20-59(51)63-62(58)55-19-8-5-15-50(55)56/h1-38H. The summed E-state index contributed by atoms with van der Waals surface area (Å²) in [6, 6.07) is 84.6. The normalized spacial score (nSPS) is 11.8. The summed E-state index contributed by atoms with van der Waals surface area (Å²) >= 11 is 0. The zero-order valence-corrected chi connectivity index (χ0v) is 34.3. The van der Waals surface area contributed by atoms with Crippen LogP contribution in [0.1, 0.15) is 0 Å². The number of para-hydroxylation sites is 1. The molecule has 0 N–H and O–H groups in total. The van der Waals surface area contributed by atoms with E-state index in [2.05, 4.69) is 224 Å². The Balaban J connectivity index is 1.04. The highest BCUT2D eigenvalue weighted by atomic mass is 16.3. The third kappa shape index (κ3) is 5.78. The summed E-state index contributed by atoms with van der Waals surface area (Å²) in [5.41, 5.74) is 13.9. The van der Waals surface area contributed by atoms with Crippen LogP contribution in [0.25, 0.3) is 131 Å². The second kappa shape index (κ2) is 14.2. The first-order chi connectivity index (χ1) is 31.2. The summed E-state index contributed by atoms with van der Waals surface area (Å²) < 4.78 is 6.53.